The van der Waals surface area contributed by atoms with Gasteiger partial charge in [-0.15, -0.1) is 0 Å². The van der Waals surface area contributed by atoms with Gasteiger partial charge in [-0.3, -0.25) is 4.79 Å². The van der Waals surface area contributed by atoms with Crippen molar-refractivity contribution in [2.45, 2.75) is 13.0 Å². The second kappa shape index (κ2) is 6.37. The molecule has 0 aliphatic rings. The number of nitrogens with one attached hydrogen (secondary N) is 1. The molecule has 0 bridgehead atoms. The molecule has 0 aliphatic heterocycles. The summed E-state index contributed by atoms with van der Waals surface area (Å²) in [6, 6.07) is 7.35. The maximum absolute atomic E-state index is 11.7. The van der Waals surface area contributed by atoms with Crippen LogP contribution in [0.25, 0.3) is 0 Å². The van der Waals surface area contributed by atoms with Gasteiger partial charge in [0, 0.05) is 18.7 Å². The third-order valence-electron chi connectivity index (χ3n) is 2.39. The Morgan fingerprint density at radius 3 is 2.47 bits per heavy atom. The van der Waals surface area contributed by atoms with Crippen LogP contribution >= 0.6 is 0 Å². The van der Waals surface area contributed by atoms with Gasteiger partial charge in [0.1, 0.15) is 0 Å². The fourth-order valence-corrected chi connectivity index (χ4v) is 1.50. The number of likely N-dealkylation sites (N-methyl/N-ethyl adjacent to an activating group) is 1. The first-order chi connectivity index (χ1) is 7.99. The lowest BCUT2D eigenvalue weighted by Gasteiger charge is -2.16. The summed E-state index contributed by atoms with van der Waals surface area (Å²) in [7, 11) is 3.76. The van der Waals surface area contributed by atoms with Gasteiger partial charge in [-0.25, -0.2) is 0 Å². The van der Waals surface area contributed by atoms with Crippen molar-refractivity contribution in [3.8, 4) is 0 Å². The van der Waals surface area contributed by atoms with Gasteiger partial charge in [0.15, 0.2) is 0 Å². The number of nitrogens with zero attached hydrogens (tertiary/aromatic N) is 1. The van der Waals surface area contributed by atoms with Crippen LogP contribution in [0.2, 0.25) is 0 Å². The molecule has 0 saturated carbocycles. The normalized spacial score (nSPS) is 12.5. The van der Waals surface area contributed by atoms with Crippen LogP contribution < -0.4 is 5.32 Å². The summed E-state index contributed by atoms with van der Waals surface area (Å²) in [6.45, 7) is 2.78. The van der Waals surface area contributed by atoms with Crippen molar-refractivity contribution in [1.29, 1.82) is 0 Å². The lowest BCUT2D eigenvalue weighted by atomic mass is 10.1. The highest BCUT2D eigenvalue weighted by molar-refractivity contribution is 5.94. The second-order valence-corrected chi connectivity index (χ2v) is 4.49. The molecule has 1 atom stereocenters. The number of rotatable bonds is 5. The monoisotopic (exact) mass is 236 g/mol. The summed E-state index contributed by atoms with van der Waals surface area (Å²) in [5.74, 6) is -0.150. The van der Waals surface area contributed by atoms with Crippen LogP contribution in [0.4, 0.5) is 0 Å². The summed E-state index contributed by atoms with van der Waals surface area (Å²) in [5, 5.41) is 12.3. The molecular formula is C13H20N2O2. The van der Waals surface area contributed by atoms with E-state index in [2.05, 4.69) is 5.32 Å². The number of benzene rings is 1. The molecule has 94 valence electrons. The molecule has 1 aromatic rings. The standard InChI is InChI=1S/C13H20N2O2/c1-10-4-6-11(7-5-10)13(17)14-8-12(16)9-15(2)3/h4-7,12,16H,8-9H2,1-3H3,(H,14,17). The van der Waals surface area contributed by atoms with E-state index in [9.17, 15) is 9.90 Å². The number of amides is 1. The number of carbonyl (C=O) groups excluding carboxylic acids is 1. The van der Waals surface area contributed by atoms with Crippen LogP contribution in [0.5, 0.6) is 0 Å². The minimum Gasteiger partial charge on any atom is -0.390 e. The number of carbonyl (C=O) groups is 1. The Hall–Kier alpha value is -1.39. The molecule has 0 saturated heterocycles. The van der Waals surface area contributed by atoms with Crippen molar-refractivity contribution >= 4 is 5.91 Å². The van der Waals surface area contributed by atoms with E-state index in [1.54, 1.807) is 12.1 Å². The van der Waals surface area contributed by atoms with Crippen LogP contribution in [-0.2, 0) is 0 Å². The number of aryl methyl sites for hydroxylation is 1. The first-order valence-electron chi connectivity index (χ1n) is 5.66. The summed E-state index contributed by atoms with van der Waals surface area (Å²) in [4.78, 5) is 13.6. The van der Waals surface area contributed by atoms with E-state index in [1.165, 1.54) is 0 Å². The van der Waals surface area contributed by atoms with Crippen molar-refractivity contribution in [2.75, 3.05) is 27.2 Å². The van der Waals surface area contributed by atoms with Crippen molar-refractivity contribution in [3.05, 3.63) is 35.4 Å². The van der Waals surface area contributed by atoms with Crippen molar-refractivity contribution in [2.24, 2.45) is 0 Å². The summed E-state index contributed by atoms with van der Waals surface area (Å²) < 4.78 is 0. The van der Waals surface area contributed by atoms with E-state index in [-0.39, 0.29) is 12.5 Å². The maximum Gasteiger partial charge on any atom is 0.251 e. The quantitative estimate of drug-likeness (QED) is 0.789. The van der Waals surface area contributed by atoms with Crippen molar-refractivity contribution in [3.63, 3.8) is 0 Å². The Labute approximate surface area is 102 Å². The molecule has 1 rings (SSSR count). The first-order valence-corrected chi connectivity index (χ1v) is 5.66. The molecule has 2 N–H and O–H groups in total. The highest BCUT2D eigenvalue weighted by atomic mass is 16.3. The second-order valence-electron chi connectivity index (χ2n) is 4.49. The van der Waals surface area contributed by atoms with Gasteiger partial charge in [-0.1, -0.05) is 17.7 Å². The zero-order valence-electron chi connectivity index (χ0n) is 10.6. The van der Waals surface area contributed by atoms with Gasteiger partial charge in [-0.05, 0) is 33.2 Å². The highest BCUT2D eigenvalue weighted by Gasteiger charge is 2.09. The van der Waals surface area contributed by atoms with Gasteiger partial charge in [-0.2, -0.15) is 0 Å². The third-order valence-corrected chi connectivity index (χ3v) is 2.39. The molecule has 0 aromatic heterocycles. The molecule has 4 heteroatoms. The van der Waals surface area contributed by atoms with Crippen molar-refractivity contribution in [1.82, 2.24) is 10.2 Å². The van der Waals surface area contributed by atoms with E-state index < -0.39 is 6.10 Å². The zero-order valence-corrected chi connectivity index (χ0v) is 10.6. The van der Waals surface area contributed by atoms with Crippen molar-refractivity contribution < 1.29 is 9.90 Å². The summed E-state index contributed by atoms with van der Waals surface area (Å²) >= 11 is 0. The molecule has 1 aromatic carbocycles. The molecule has 0 heterocycles. The molecule has 0 fully saturated rings. The fourth-order valence-electron chi connectivity index (χ4n) is 1.50. The average Bonchev–Trinajstić information content (AvgIpc) is 2.26. The minimum atomic E-state index is -0.542. The Morgan fingerprint density at radius 1 is 1.35 bits per heavy atom. The van der Waals surface area contributed by atoms with Crippen LogP contribution in [0.1, 0.15) is 15.9 Å². The van der Waals surface area contributed by atoms with E-state index in [0.29, 0.717) is 12.1 Å². The largest absolute Gasteiger partial charge is 0.390 e. The van der Waals surface area contributed by atoms with Gasteiger partial charge in [0.05, 0.1) is 6.10 Å². The molecule has 0 aliphatic carbocycles. The maximum atomic E-state index is 11.7. The van der Waals surface area contributed by atoms with E-state index >= 15 is 0 Å². The molecule has 1 unspecified atom stereocenters. The topological polar surface area (TPSA) is 52.6 Å². The Balaban J connectivity index is 2.42. The number of hydrogen-bond donors (Lipinski definition) is 2. The van der Waals surface area contributed by atoms with Crippen LogP contribution in [0.15, 0.2) is 24.3 Å². The smallest absolute Gasteiger partial charge is 0.251 e. The molecule has 1 amide bonds. The molecule has 0 spiro atoms. The van der Waals surface area contributed by atoms with Gasteiger partial charge in [0.2, 0.25) is 0 Å². The molecule has 0 radical (unpaired) electrons. The predicted molar refractivity (Wildman–Crippen MR) is 68.1 cm³/mol. The van der Waals surface area contributed by atoms with E-state index in [4.69, 9.17) is 0 Å². The van der Waals surface area contributed by atoms with E-state index in [0.717, 1.165) is 5.56 Å². The lowest BCUT2D eigenvalue weighted by Crippen LogP contribution is -2.37. The first kappa shape index (κ1) is 13.7. The van der Waals surface area contributed by atoms with Gasteiger partial charge >= 0.3 is 0 Å². The summed E-state index contributed by atoms with van der Waals surface area (Å²) in [6.07, 6.45) is -0.542. The average molecular weight is 236 g/mol. The Kier molecular flexibility index (Phi) is 5.12. The Bertz CT molecular complexity index is 360. The Morgan fingerprint density at radius 2 is 1.94 bits per heavy atom. The number of aliphatic hydroxyl groups excluding tert-OH is 1. The molecule has 4 nitrogen and oxygen atoms in total. The van der Waals surface area contributed by atoms with Crippen LogP contribution in [0.3, 0.4) is 0 Å². The third kappa shape index (κ3) is 4.97. The molecule has 17 heavy (non-hydrogen) atoms. The van der Waals surface area contributed by atoms with E-state index in [1.807, 2.05) is 38.1 Å². The summed E-state index contributed by atoms with van der Waals surface area (Å²) in [5.41, 5.74) is 1.74. The minimum absolute atomic E-state index is 0.150. The van der Waals surface area contributed by atoms with Crippen LogP contribution in [0, 0.1) is 6.92 Å². The van der Waals surface area contributed by atoms with Gasteiger partial charge in [0.25, 0.3) is 5.91 Å². The van der Waals surface area contributed by atoms with Crippen LogP contribution in [-0.4, -0.2) is 49.2 Å². The number of hydrogen-bond acceptors (Lipinski definition) is 3. The zero-order chi connectivity index (χ0) is 12.8. The number of aliphatic hydroxyl groups is 1. The fraction of sp³-hybridized carbons (Fsp3) is 0.462. The molecular weight excluding hydrogens is 216 g/mol. The van der Waals surface area contributed by atoms with Gasteiger partial charge < -0.3 is 15.3 Å². The lowest BCUT2D eigenvalue weighted by molar-refractivity contribution is 0.0892. The SMILES string of the molecule is Cc1ccc(C(=O)NCC(O)CN(C)C)cc1. The predicted octanol–water partition coefficient (Wildman–Crippen LogP) is 0.647. The highest BCUT2D eigenvalue weighted by Crippen LogP contribution is 2.02.